The summed E-state index contributed by atoms with van der Waals surface area (Å²) < 4.78 is 9.06. The van der Waals surface area contributed by atoms with Gasteiger partial charge in [0.2, 0.25) is 0 Å². The van der Waals surface area contributed by atoms with Gasteiger partial charge in [-0.25, -0.2) is 14.4 Å². The molecule has 0 spiro atoms. The number of ether oxygens (including phenoxy) is 2. The number of aliphatic carboxylic acids is 1. The summed E-state index contributed by atoms with van der Waals surface area (Å²) in [7, 11) is 1.33. The zero-order chi connectivity index (χ0) is 19.0. The van der Waals surface area contributed by atoms with Crippen LogP contribution in [0.1, 0.15) is 41.0 Å². The number of esters is 2. The molecule has 0 aromatic heterocycles. The summed E-state index contributed by atoms with van der Waals surface area (Å²) in [5.41, 5.74) is 0.822. The van der Waals surface area contributed by atoms with Crippen molar-refractivity contribution in [2.75, 3.05) is 7.11 Å². The van der Waals surface area contributed by atoms with Crippen LogP contribution >= 0.6 is 0 Å². The summed E-state index contributed by atoms with van der Waals surface area (Å²) in [6, 6.07) is 0. The van der Waals surface area contributed by atoms with Crippen LogP contribution in [0.3, 0.4) is 0 Å². The number of methoxy groups -OCH3 is 1. The predicted octanol–water partition coefficient (Wildman–Crippen LogP) is 3.29. The molecule has 0 heterocycles. The van der Waals surface area contributed by atoms with Gasteiger partial charge in [0.05, 0.1) is 13.2 Å². The molecule has 132 valence electrons. The van der Waals surface area contributed by atoms with Gasteiger partial charge in [-0.15, -0.1) is 0 Å². The first-order valence-electron chi connectivity index (χ1n) is 7.00. The van der Waals surface area contributed by atoms with Crippen molar-refractivity contribution in [2.45, 2.75) is 47.1 Å². The van der Waals surface area contributed by atoms with Gasteiger partial charge < -0.3 is 14.6 Å². The molecule has 0 aliphatic rings. The summed E-state index contributed by atoms with van der Waals surface area (Å²) in [4.78, 5) is 30.5. The first-order chi connectivity index (χ1) is 10.6. The summed E-state index contributed by atoms with van der Waals surface area (Å²) in [6.07, 6.45) is 3.59. The highest BCUT2D eigenvalue weighted by Gasteiger charge is 2.01. The molecule has 6 heteroatoms. The van der Waals surface area contributed by atoms with E-state index < -0.39 is 5.97 Å². The van der Waals surface area contributed by atoms with Gasteiger partial charge in [-0.1, -0.05) is 26.2 Å². The van der Waals surface area contributed by atoms with E-state index in [9.17, 15) is 14.4 Å². The first kappa shape index (κ1) is 25.6. The van der Waals surface area contributed by atoms with Crippen molar-refractivity contribution in [3.8, 4) is 0 Å². The van der Waals surface area contributed by atoms with Gasteiger partial charge in [0.1, 0.15) is 0 Å². The minimum absolute atomic E-state index is 0.00972. The highest BCUT2D eigenvalue weighted by atomic mass is 16.5. The lowest BCUT2D eigenvalue weighted by Gasteiger charge is -2.07. The number of allylic oxidation sites excluding steroid dienone is 1. The summed E-state index contributed by atoms with van der Waals surface area (Å²) in [6.45, 7) is 15.3. The van der Waals surface area contributed by atoms with Gasteiger partial charge in [-0.05, 0) is 34.1 Å². The molecule has 0 saturated heterocycles. The lowest BCUT2D eigenvalue weighted by atomic mass is 10.3. The number of hydrogen-bond donors (Lipinski definition) is 1. The Kier molecular flexibility index (Phi) is 17.8. The SMILES string of the molecule is C=C(C)C(=O)OC.C=CC(=O)OC(C)CC.CC=C(C)C(=O)O. The second-order valence-corrected chi connectivity index (χ2v) is 4.41. The van der Waals surface area contributed by atoms with Crippen molar-refractivity contribution in [3.63, 3.8) is 0 Å². The quantitative estimate of drug-likeness (QED) is 0.615. The van der Waals surface area contributed by atoms with Crippen LogP contribution in [0.2, 0.25) is 0 Å². The molecule has 0 rings (SSSR count). The summed E-state index contributed by atoms with van der Waals surface area (Å²) in [5.74, 6) is -1.54. The van der Waals surface area contributed by atoms with Crippen LogP contribution < -0.4 is 0 Å². The molecule has 0 aliphatic heterocycles. The molecular formula is C17H28O6. The summed E-state index contributed by atoms with van der Waals surface area (Å²) in [5, 5.41) is 8.11. The molecule has 0 amide bonds. The minimum Gasteiger partial charge on any atom is -0.478 e. The molecule has 0 aromatic carbocycles. The van der Waals surface area contributed by atoms with Crippen molar-refractivity contribution in [3.05, 3.63) is 36.5 Å². The topological polar surface area (TPSA) is 89.9 Å². The molecular weight excluding hydrogens is 300 g/mol. The maximum Gasteiger partial charge on any atom is 0.332 e. The Bertz CT molecular complexity index is 434. The minimum atomic E-state index is -0.845. The second-order valence-electron chi connectivity index (χ2n) is 4.41. The first-order valence-corrected chi connectivity index (χ1v) is 7.00. The van der Waals surface area contributed by atoms with Crippen LogP contribution in [-0.2, 0) is 23.9 Å². The highest BCUT2D eigenvalue weighted by Crippen LogP contribution is 1.95. The zero-order valence-corrected chi connectivity index (χ0v) is 14.8. The largest absolute Gasteiger partial charge is 0.478 e. The van der Waals surface area contributed by atoms with E-state index in [1.54, 1.807) is 26.8 Å². The van der Waals surface area contributed by atoms with E-state index in [1.807, 2.05) is 13.8 Å². The average Bonchev–Trinajstić information content (AvgIpc) is 2.53. The van der Waals surface area contributed by atoms with Crippen LogP contribution in [0.4, 0.5) is 0 Å². The third-order valence-corrected chi connectivity index (χ3v) is 2.36. The molecule has 6 nitrogen and oxygen atoms in total. The molecule has 1 unspecified atom stereocenters. The standard InChI is InChI=1S/C7H12O2.2C5H8O2/c1-4-6(3)9-7(8)5-2;1-4(2)5(6)7-3;1-3-4(2)5(6)7/h5-6H,2,4H2,1,3H3;1H2,2-3H3;3H,1-2H3,(H,6,7). The molecule has 0 saturated carbocycles. The third-order valence-electron chi connectivity index (χ3n) is 2.36. The molecule has 0 aromatic rings. The summed E-state index contributed by atoms with van der Waals surface area (Å²) >= 11 is 0. The molecule has 23 heavy (non-hydrogen) atoms. The Balaban J connectivity index is -0.000000264. The van der Waals surface area contributed by atoms with Crippen molar-refractivity contribution in [1.29, 1.82) is 0 Å². The number of carboxylic acid groups (broad SMARTS) is 1. The maximum absolute atomic E-state index is 10.4. The monoisotopic (exact) mass is 328 g/mol. The molecule has 0 bridgehead atoms. The number of hydrogen-bond acceptors (Lipinski definition) is 5. The van der Waals surface area contributed by atoms with Crippen molar-refractivity contribution < 1.29 is 29.0 Å². The van der Waals surface area contributed by atoms with Crippen LogP contribution in [0.25, 0.3) is 0 Å². The number of carboxylic acids is 1. The third kappa shape index (κ3) is 19.6. The van der Waals surface area contributed by atoms with E-state index in [1.165, 1.54) is 13.2 Å². The van der Waals surface area contributed by atoms with E-state index in [4.69, 9.17) is 9.84 Å². The Morgan fingerprint density at radius 3 is 1.87 bits per heavy atom. The Morgan fingerprint density at radius 2 is 1.74 bits per heavy atom. The lowest BCUT2D eigenvalue weighted by Crippen LogP contribution is -2.10. The van der Waals surface area contributed by atoms with Crippen molar-refractivity contribution in [2.24, 2.45) is 0 Å². The molecule has 1 N–H and O–H groups in total. The predicted molar refractivity (Wildman–Crippen MR) is 89.9 cm³/mol. The Morgan fingerprint density at radius 1 is 1.26 bits per heavy atom. The molecule has 1 atom stereocenters. The van der Waals surface area contributed by atoms with Gasteiger partial charge in [-0.3, -0.25) is 0 Å². The highest BCUT2D eigenvalue weighted by molar-refractivity contribution is 5.86. The van der Waals surface area contributed by atoms with Crippen LogP contribution in [0, 0.1) is 0 Å². The average molecular weight is 328 g/mol. The second kappa shape index (κ2) is 16.0. The van der Waals surface area contributed by atoms with Gasteiger partial charge in [0.25, 0.3) is 0 Å². The van der Waals surface area contributed by atoms with Crippen molar-refractivity contribution in [1.82, 2.24) is 0 Å². The molecule has 0 aliphatic carbocycles. The van der Waals surface area contributed by atoms with Crippen LogP contribution in [0.5, 0.6) is 0 Å². The van der Waals surface area contributed by atoms with E-state index in [2.05, 4.69) is 17.9 Å². The normalized spacial score (nSPS) is 10.6. The fourth-order valence-corrected chi connectivity index (χ4v) is 0.627. The van der Waals surface area contributed by atoms with E-state index in [0.717, 1.165) is 6.42 Å². The zero-order valence-electron chi connectivity index (χ0n) is 14.8. The lowest BCUT2D eigenvalue weighted by molar-refractivity contribution is -0.142. The smallest absolute Gasteiger partial charge is 0.332 e. The fraction of sp³-hybridized carbons (Fsp3) is 0.471. The van der Waals surface area contributed by atoms with Gasteiger partial charge in [0, 0.05) is 17.2 Å². The van der Waals surface area contributed by atoms with E-state index in [0.29, 0.717) is 11.1 Å². The fourth-order valence-electron chi connectivity index (χ4n) is 0.627. The van der Waals surface area contributed by atoms with E-state index >= 15 is 0 Å². The van der Waals surface area contributed by atoms with Gasteiger partial charge in [0.15, 0.2) is 0 Å². The molecule has 0 fully saturated rings. The molecule has 0 radical (unpaired) electrons. The van der Waals surface area contributed by atoms with E-state index in [-0.39, 0.29) is 18.0 Å². The Labute approximate surface area is 138 Å². The van der Waals surface area contributed by atoms with Crippen LogP contribution in [-0.4, -0.2) is 36.2 Å². The number of rotatable bonds is 5. The maximum atomic E-state index is 10.4. The van der Waals surface area contributed by atoms with Crippen LogP contribution in [0.15, 0.2) is 36.5 Å². The number of carbonyl (C=O) groups excluding carboxylic acids is 2. The number of carbonyl (C=O) groups is 3. The Hall–Kier alpha value is -2.37. The van der Waals surface area contributed by atoms with Gasteiger partial charge in [-0.2, -0.15) is 0 Å². The van der Waals surface area contributed by atoms with Crippen molar-refractivity contribution >= 4 is 17.9 Å². The van der Waals surface area contributed by atoms with Gasteiger partial charge >= 0.3 is 17.9 Å².